The van der Waals surface area contributed by atoms with Crippen molar-refractivity contribution >= 4 is 16.0 Å². The van der Waals surface area contributed by atoms with E-state index in [1.165, 1.54) is 0 Å². The monoisotopic (exact) mass is 264 g/mol. The van der Waals surface area contributed by atoms with Crippen LogP contribution >= 0.6 is 0 Å². The van der Waals surface area contributed by atoms with E-state index < -0.39 is 47.6 Å². The lowest BCUT2D eigenvalue weighted by Crippen LogP contribution is -2.41. The summed E-state index contributed by atoms with van der Waals surface area (Å²) in [7, 11) is -3.91. The van der Waals surface area contributed by atoms with Crippen LogP contribution in [0.4, 0.5) is 13.2 Å². The second-order valence-electron chi connectivity index (χ2n) is 3.09. The minimum Gasteiger partial charge on any atom is -0.480 e. The summed E-state index contributed by atoms with van der Waals surface area (Å²) in [6, 6.07) is 0. The van der Waals surface area contributed by atoms with Gasteiger partial charge in [-0.05, 0) is 0 Å². The Morgan fingerprint density at radius 3 is 2.19 bits per heavy atom. The third-order valence-corrected chi connectivity index (χ3v) is 2.21. The highest BCUT2D eigenvalue weighted by molar-refractivity contribution is 7.89. The second kappa shape index (κ2) is 5.46. The van der Waals surface area contributed by atoms with E-state index in [9.17, 15) is 26.4 Å². The number of aliphatic carboxylic acids is 1. The van der Waals surface area contributed by atoms with Crippen LogP contribution in [0.25, 0.3) is 0 Å². The van der Waals surface area contributed by atoms with E-state index in [1.54, 1.807) is 0 Å². The normalized spacial score (nSPS) is 13.1. The molecule has 96 valence electrons. The van der Waals surface area contributed by atoms with Gasteiger partial charge in [0.05, 0.1) is 18.8 Å². The van der Waals surface area contributed by atoms with E-state index in [4.69, 9.17) is 5.11 Å². The number of rotatable bonds is 6. The maximum atomic E-state index is 12.0. The number of carbonyl (C=O) groups is 1. The van der Waals surface area contributed by atoms with Gasteiger partial charge < -0.3 is 5.11 Å². The molecule has 0 fully saturated rings. The molecule has 0 aliphatic carbocycles. The van der Waals surface area contributed by atoms with Crippen molar-refractivity contribution in [1.82, 2.24) is 4.90 Å². The molecule has 0 aliphatic rings. The van der Waals surface area contributed by atoms with E-state index in [0.717, 1.165) is 0 Å². The molecule has 0 unspecified atom stereocenters. The molecule has 0 aromatic carbocycles. The fourth-order valence-corrected chi connectivity index (χ4v) is 1.43. The fraction of sp³-hybridized carbons (Fsp3) is 0.833. The number of carboxylic acid groups (broad SMARTS) is 1. The molecule has 0 amide bonds. The van der Waals surface area contributed by atoms with Gasteiger partial charge in [-0.25, -0.2) is 13.6 Å². The number of halogens is 3. The first-order valence-corrected chi connectivity index (χ1v) is 5.72. The van der Waals surface area contributed by atoms with Crippen molar-refractivity contribution in [3.8, 4) is 0 Å². The zero-order valence-corrected chi connectivity index (χ0v) is 8.88. The average Bonchev–Trinajstić information content (AvgIpc) is 1.94. The SMILES string of the molecule is NS(=O)(=O)CCN(CC(=O)O)CC(F)(F)F. The van der Waals surface area contributed by atoms with Crippen molar-refractivity contribution in [2.45, 2.75) is 6.18 Å². The van der Waals surface area contributed by atoms with Crippen LogP contribution in [0.1, 0.15) is 0 Å². The number of hydrogen-bond acceptors (Lipinski definition) is 4. The highest BCUT2D eigenvalue weighted by atomic mass is 32.2. The van der Waals surface area contributed by atoms with E-state index in [2.05, 4.69) is 5.14 Å². The average molecular weight is 264 g/mol. The summed E-state index contributed by atoms with van der Waals surface area (Å²) in [5, 5.41) is 12.9. The molecule has 0 saturated heterocycles. The number of carboxylic acids is 1. The van der Waals surface area contributed by atoms with Crippen molar-refractivity contribution in [2.75, 3.05) is 25.4 Å². The summed E-state index contributed by atoms with van der Waals surface area (Å²) in [4.78, 5) is 10.7. The van der Waals surface area contributed by atoms with Gasteiger partial charge in [0, 0.05) is 6.54 Å². The van der Waals surface area contributed by atoms with Crippen molar-refractivity contribution in [1.29, 1.82) is 0 Å². The Hall–Kier alpha value is -0.870. The Kier molecular flexibility index (Phi) is 5.16. The van der Waals surface area contributed by atoms with Crippen LogP contribution in [0, 0.1) is 0 Å². The molecule has 6 nitrogen and oxygen atoms in total. The quantitative estimate of drug-likeness (QED) is 0.655. The number of nitrogens with zero attached hydrogens (tertiary/aromatic N) is 1. The van der Waals surface area contributed by atoms with Crippen molar-refractivity contribution in [3.05, 3.63) is 0 Å². The summed E-state index contributed by atoms with van der Waals surface area (Å²) in [5.74, 6) is -2.20. The van der Waals surface area contributed by atoms with E-state index in [-0.39, 0.29) is 0 Å². The third-order valence-electron chi connectivity index (χ3n) is 1.45. The van der Waals surface area contributed by atoms with Crippen LogP contribution in [-0.2, 0) is 14.8 Å². The summed E-state index contributed by atoms with van der Waals surface area (Å²) in [6.07, 6.45) is -4.59. The Morgan fingerprint density at radius 2 is 1.88 bits per heavy atom. The molecule has 0 radical (unpaired) electrons. The van der Waals surface area contributed by atoms with Gasteiger partial charge in [-0.1, -0.05) is 0 Å². The first-order chi connectivity index (χ1) is 6.99. The Labute approximate surface area is 89.9 Å². The molecule has 0 aromatic rings. The molecule has 0 atom stereocenters. The number of sulfonamides is 1. The van der Waals surface area contributed by atoms with Gasteiger partial charge in [0.15, 0.2) is 0 Å². The van der Waals surface area contributed by atoms with E-state index >= 15 is 0 Å². The summed E-state index contributed by atoms with van der Waals surface area (Å²) >= 11 is 0. The van der Waals surface area contributed by atoms with Crippen molar-refractivity contribution in [3.63, 3.8) is 0 Å². The van der Waals surface area contributed by atoms with Crippen molar-refractivity contribution in [2.24, 2.45) is 5.14 Å². The summed E-state index contributed by atoms with van der Waals surface area (Å²) < 4.78 is 56.9. The largest absolute Gasteiger partial charge is 0.480 e. The highest BCUT2D eigenvalue weighted by Crippen LogP contribution is 2.16. The van der Waals surface area contributed by atoms with Crippen LogP contribution in [0.15, 0.2) is 0 Å². The maximum Gasteiger partial charge on any atom is 0.401 e. The lowest BCUT2D eigenvalue weighted by Gasteiger charge is -2.20. The van der Waals surface area contributed by atoms with Crippen LogP contribution in [0.2, 0.25) is 0 Å². The molecule has 3 N–H and O–H groups in total. The first-order valence-electron chi connectivity index (χ1n) is 4.01. The van der Waals surface area contributed by atoms with Gasteiger partial charge in [0.25, 0.3) is 0 Å². The third kappa shape index (κ3) is 9.68. The molecule has 0 heterocycles. The minimum absolute atomic E-state index is 0.451. The number of nitrogens with two attached hydrogens (primary N) is 1. The van der Waals surface area contributed by atoms with E-state index in [1.807, 2.05) is 0 Å². The minimum atomic E-state index is -4.59. The number of hydrogen-bond donors (Lipinski definition) is 2. The maximum absolute atomic E-state index is 12.0. The topological polar surface area (TPSA) is 101 Å². The highest BCUT2D eigenvalue weighted by Gasteiger charge is 2.31. The zero-order valence-electron chi connectivity index (χ0n) is 8.07. The first kappa shape index (κ1) is 15.1. The van der Waals surface area contributed by atoms with Crippen LogP contribution in [-0.4, -0.2) is 56.0 Å². The summed E-state index contributed by atoms with van der Waals surface area (Å²) in [6.45, 7) is -2.96. The van der Waals surface area contributed by atoms with Gasteiger partial charge in [-0.2, -0.15) is 13.2 Å². The van der Waals surface area contributed by atoms with Crippen LogP contribution < -0.4 is 5.14 Å². The van der Waals surface area contributed by atoms with Gasteiger partial charge in [0.2, 0.25) is 10.0 Å². The molecule has 10 heteroatoms. The van der Waals surface area contributed by atoms with Crippen LogP contribution in [0.3, 0.4) is 0 Å². The Bertz CT molecular complexity index is 340. The zero-order chi connectivity index (χ0) is 13.0. The molecule has 0 aliphatic heterocycles. The molecule has 0 saturated carbocycles. The molecular weight excluding hydrogens is 253 g/mol. The van der Waals surface area contributed by atoms with Gasteiger partial charge >= 0.3 is 12.1 Å². The Balaban J connectivity index is 4.38. The molecule has 0 aromatic heterocycles. The van der Waals surface area contributed by atoms with Gasteiger partial charge in [-0.3, -0.25) is 9.69 Å². The molecule has 16 heavy (non-hydrogen) atoms. The molecular formula is C6H11F3N2O4S. The van der Waals surface area contributed by atoms with Crippen LogP contribution in [0.5, 0.6) is 0 Å². The number of primary sulfonamides is 1. The van der Waals surface area contributed by atoms with E-state index in [0.29, 0.717) is 4.90 Å². The smallest absolute Gasteiger partial charge is 0.401 e. The van der Waals surface area contributed by atoms with Gasteiger partial charge in [0.1, 0.15) is 0 Å². The predicted octanol–water partition coefficient (Wildman–Crippen LogP) is -0.776. The Morgan fingerprint density at radius 1 is 1.38 bits per heavy atom. The standard InChI is InChI=1S/C6H11F3N2O4S/c7-6(8,9)4-11(3-5(12)13)1-2-16(10,14)15/h1-4H2,(H,12,13)(H2,10,14,15). The predicted molar refractivity (Wildman–Crippen MR) is 48.1 cm³/mol. The lowest BCUT2D eigenvalue weighted by molar-refractivity contribution is -0.153. The molecule has 0 spiro atoms. The van der Waals surface area contributed by atoms with Crippen molar-refractivity contribution < 1.29 is 31.5 Å². The molecule has 0 rings (SSSR count). The second-order valence-corrected chi connectivity index (χ2v) is 4.82. The number of alkyl halides is 3. The fourth-order valence-electron chi connectivity index (χ4n) is 0.915. The lowest BCUT2D eigenvalue weighted by atomic mass is 10.4. The molecule has 0 bridgehead atoms. The summed E-state index contributed by atoms with van der Waals surface area (Å²) in [5.41, 5.74) is 0. The van der Waals surface area contributed by atoms with Gasteiger partial charge in [-0.15, -0.1) is 0 Å².